The third kappa shape index (κ3) is 3.61. The first-order chi connectivity index (χ1) is 9.47. The van der Waals surface area contributed by atoms with Gasteiger partial charge in [-0.3, -0.25) is 0 Å². The fourth-order valence-electron chi connectivity index (χ4n) is 1.80. The van der Waals surface area contributed by atoms with E-state index < -0.39 is 0 Å². The number of nitrogens with one attached hydrogen (secondary N) is 1. The summed E-state index contributed by atoms with van der Waals surface area (Å²) in [6.45, 7) is 4.72. The zero-order valence-electron chi connectivity index (χ0n) is 11.6. The molecule has 2 rings (SSSR count). The van der Waals surface area contributed by atoms with E-state index in [0.717, 1.165) is 25.7 Å². The van der Waals surface area contributed by atoms with Gasteiger partial charge in [-0.1, -0.05) is 5.16 Å². The van der Waals surface area contributed by atoms with E-state index in [1.807, 2.05) is 26.0 Å². The monoisotopic (exact) mass is 357 g/mol. The molecule has 2 heterocycles. The third-order valence-corrected chi connectivity index (χ3v) is 4.57. The van der Waals surface area contributed by atoms with Crippen molar-refractivity contribution in [2.24, 2.45) is 0 Å². The summed E-state index contributed by atoms with van der Waals surface area (Å²) in [7, 11) is 1.77. The van der Waals surface area contributed by atoms with Crippen LogP contribution >= 0.6 is 27.3 Å². The Morgan fingerprint density at radius 1 is 1.50 bits per heavy atom. The minimum Gasteiger partial charge on any atom is -0.361 e. The minimum absolute atomic E-state index is 0.116. The highest BCUT2D eigenvalue weighted by atomic mass is 79.9. The molecule has 1 N–H and O–H groups in total. The van der Waals surface area contributed by atoms with E-state index in [1.54, 1.807) is 23.3 Å². The predicted molar refractivity (Wildman–Crippen MR) is 81.7 cm³/mol. The summed E-state index contributed by atoms with van der Waals surface area (Å²) in [5.41, 5.74) is 1.75. The molecule has 0 aliphatic heterocycles. The number of nitrogens with zero attached hydrogens (tertiary/aromatic N) is 2. The van der Waals surface area contributed by atoms with Gasteiger partial charge in [-0.2, -0.15) is 0 Å². The second kappa shape index (κ2) is 6.41. The number of carbonyl (C=O) groups is 1. The molecule has 0 spiro atoms. The molecule has 2 aromatic heterocycles. The molecule has 108 valence electrons. The average molecular weight is 358 g/mol. The molecule has 0 unspecified atom stereocenters. The van der Waals surface area contributed by atoms with E-state index in [9.17, 15) is 4.79 Å². The van der Waals surface area contributed by atoms with Crippen molar-refractivity contribution in [3.05, 3.63) is 37.8 Å². The smallest absolute Gasteiger partial charge is 0.317 e. The number of urea groups is 1. The molecule has 20 heavy (non-hydrogen) atoms. The molecule has 2 amide bonds. The molecule has 0 aliphatic rings. The van der Waals surface area contributed by atoms with Crippen molar-refractivity contribution in [3.63, 3.8) is 0 Å². The Bertz CT molecular complexity index is 589. The molecule has 0 fully saturated rings. The van der Waals surface area contributed by atoms with Crippen LogP contribution in [0.3, 0.4) is 0 Å². The Morgan fingerprint density at radius 3 is 2.80 bits per heavy atom. The zero-order valence-corrected chi connectivity index (χ0v) is 14.0. The van der Waals surface area contributed by atoms with Crippen LogP contribution in [0.1, 0.15) is 21.9 Å². The molecule has 0 atom stereocenters. The first-order valence-corrected chi connectivity index (χ1v) is 7.73. The molecule has 0 saturated carbocycles. The van der Waals surface area contributed by atoms with Crippen LogP contribution in [0.5, 0.6) is 0 Å². The van der Waals surface area contributed by atoms with Gasteiger partial charge in [0, 0.05) is 24.0 Å². The minimum atomic E-state index is -0.116. The van der Waals surface area contributed by atoms with Crippen LogP contribution in [0.25, 0.3) is 0 Å². The second-order valence-corrected chi connectivity index (χ2v) is 7.07. The highest BCUT2D eigenvalue weighted by Crippen LogP contribution is 2.23. The van der Waals surface area contributed by atoms with E-state index in [1.165, 1.54) is 0 Å². The lowest BCUT2D eigenvalue weighted by Gasteiger charge is -2.17. The van der Waals surface area contributed by atoms with Gasteiger partial charge in [0.15, 0.2) is 0 Å². The number of rotatable bonds is 4. The molecule has 2 aromatic rings. The maximum absolute atomic E-state index is 12.0. The molecule has 5 nitrogen and oxygen atoms in total. The number of aryl methyl sites for hydroxylation is 2. The predicted octanol–water partition coefficient (Wildman–Crippen LogP) is 3.46. The summed E-state index contributed by atoms with van der Waals surface area (Å²) in [6.07, 6.45) is 0. The Kier molecular flexibility index (Phi) is 4.82. The van der Waals surface area contributed by atoms with E-state index in [4.69, 9.17) is 4.52 Å². The number of aromatic nitrogens is 1. The fraction of sp³-hybridized carbons (Fsp3) is 0.385. The molecule has 0 radical (unpaired) electrons. The SMILES string of the molecule is Cc1noc(C)c1CNC(=O)N(C)Cc1ccc(Br)s1. The number of amides is 2. The van der Waals surface area contributed by atoms with Gasteiger partial charge in [0.2, 0.25) is 0 Å². The lowest BCUT2D eigenvalue weighted by atomic mass is 10.2. The van der Waals surface area contributed by atoms with Gasteiger partial charge < -0.3 is 14.7 Å². The normalized spacial score (nSPS) is 10.6. The molecule has 0 aliphatic carbocycles. The van der Waals surface area contributed by atoms with Crippen molar-refractivity contribution in [2.45, 2.75) is 26.9 Å². The quantitative estimate of drug-likeness (QED) is 0.911. The van der Waals surface area contributed by atoms with Crippen LogP contribution < -0.4 is 5.32 Å². The maximum atomic E-state index is 12.0. The molecule has 7 heteroatoms. The number of halogens is 1. The van der Waals surface area contributed by atoms with Gasteiger partial charge >= 0.3 is 6.03 Å². The topological polar surface area (TPSA) is 58.4 Å². The average Bonchev–Trinajstić information content (AvgIpc) is 2.94. The van der Waals surface area contributed by atoms with Crippen molar-refractivity contribution in [1.82, 2.24) is 15.4 Å². The summed E-state index contributed by atoms with van der Waals surface area (Å²) in [4.78, 5) is 14.8. The molecular formula is C13H16BrN3O2S. The third-order valence-electron chi connectivity index (χ3n) is 2.97. The standard InChI is InChI=1S/C13H16BrN3O2S/c1-8-11(9(2)19-16-8)6-15-13(18)17(3)7-10-4-5-12(14)20-10/h4-5H,6-7H2,1-3H3,(H,15,18). The van der Waals surface area contributed by atoms with Crippen molar-refractivity contribution in [1.29, 1.82) is 0 Å². The maximum Gasteiger partial charge on any atom is 0.317 e. The van der Waals surface area contributed by atoms with Gasteiger partial charge in [-0.15, -0.1) is 11.3 Å². The fourth-order valence-corrected chi connectivity index (χ4v) is 3.33. The number of carbonyl (C=O) groups excluding carboxylic acids is 1. The van der Waals surface area contributed by atoms with Gasteiger partial charge in [-0.25, -0.2) is 4.79 Å². The largest absolute Gasteiger partial charge is 0.361 e. The van der Waals surface area contributed by atoms with Crippen LogP contribution in [-0.4, -0.2) is 23.1 Å². The first kappa shape index (κ1) is 15.1. The van der Waals surface area contributed by atoms with Crippen LogP contribution in [-0.2, 0) is 13.1 Å². The molecular weight excluding hydrogens is 342 g/mol. The molecule has 0 bridgehead atoms. The second-order valence-electron chi connectivity index (χ2n) is 4.52. The molecule has 0 aromatic carbocycles. The summed E-state index contributed by atoms with van der Waals surface area (Å²) >= 11 is 5.04. The van der Waals surface area contributed by atoms with Gasteiger partial charge in [0.25, 0.3) is 0 Å². The highest BCUT2D eigenvalue weighted by molar-refractivity contribution is 9.11. The highest BCUT2D eigenvalue weighted by Gasteiger charge is 2.13. The van der Waals surface area contributed by atoms with E-state index in [0.29, 0.717) is 13.1 Å². The van der Waals surface area contributed by atoms with Crippen LogP contribution in [0, 0.1) is 13.8 Å². The summed E-state index contributed by atoms with van der Waals surface area (Å²) < 4.78 is 6.13. The van der Waals surface area contributed by atoms with E-state index >= 15 is 0 Å². The van der Waals surface area contributed by atoms with Crippen molar-refractivity contribution in [2.75, 3.05) is 7.05 Å². The number of hydrogen-bond acceptors (Lipinski definition) is 4. The van der Waals surface area contributed by atoms with Crippen molar-refractivity contribution in [3.8, 4) is 0 Å². The summed E-state index contributed by atoms with van der Waals surface area (Å²) in [5.74, 6) is 0.743. The Hall–Kier alpha value is -1.34. The van der Waals surface area contributed by atoms with Crippen molar-refractivity contribution < 1.29 is 9.32 Å². The molecule has 0 saturated heterocycles. The van der Waals surface area contributed by atoms with Crippen LogP contribution in [0.4, 0.5) is 4.79 Å². The van der Waals surface area contributed by atoms with Crippen LogP contribution in [0.2, 0.25) is 0 Å². The van der Waals surface area contributed by atoms with Gasteiger partial charge in [-0.05, 0) is 41.9 Å². The van der Waals surface area contributed by atoms with Crippen molar-refractivity contribution >= 4 is 33.3 Å². The number of thiophene rings is 1. The van der Waals surface area contributed by atoms with Crippen LogP contribution in [0.15, 0.2) is 20.4 Å². The Morgan fingerprint density at radius 2 is 2.25 bits per heavy atom. The lowest BCUT2D eigenvalue weighted by Crippen LogP contribution is -2.36. The summed E-state index contributed by atoms with van der Waals surface area (Å²) in [5, 5.41) is 6.74. The number of hydrogen-bond donors (Lipinski definition) is 1. The lowest BCUT2D eigenvalue weighted by molar-refractivity contribution is 0.207. The van der Waals surface area contributed by atoms with Gasteiger partial charge in [0.05, 0.1) is 16.0 Å². The van der Waals surface area contributed by atoms with E-state index in [2.05, 4.69) is 26.4 Å². The van der Waals surface area contributed by atoms with E-state index in [-0.39, 0.29) is 6.03 Å². The summed E-state index contributed by atoms with van der Waals surface area (Å²) in [6, 6.07) is 3.87. The van der Waals surface area contributed by atoms with Gasteiger partial charge in [0.1, 0.15) is 5.76 Å². The zero-order chi connectivity index (χ0) is 14.7. The Labute approximate surface area is 130 Å². The Balaban J connectivity index is 1.88. The first-order valence-electron chi connectivity index (χ1n) is 6.12.